The standard InChI is InChI=1S/C22H22ClNO/c23-21-13-11-20(12-14-21)22(25)17-24(15-18-7-3-1-4-8-18)16-19-9-5-2-6-10-19/h1-14,22,25H,15-17H2. The first kappa shape index (κ1) is 17.7. The molecule has 1 atom stereocenters. The Labute approximate surface area is 154 Å². The molecule has 0 radical (unpaired) electrons. The van der Waals surface area contributed by atoms with Crippen LogP contribution in [0.5, 0.6) is 0 Å². The van der Waals surface area contributed by atoms with Crippen LogP contribution in [-0.2, 0) is 13.1 Å². The average molecular weight is 352 g/mol. The van der Waals surface area contributed by atoms with Crippen molar-refractivity contribution >= 4 is 11.6 Å². The van der Waals surface area contributed by atoms with Crippen molar-refractivity contribution in [3.63, 3.8) is 0 Å². The second-order valence-electron chi connectivity index (χ2n) is 6.21. The fourth-order valence-corrected chi connectivity index (χ4v) is 3.03. The summed E-state index contributed by atoms with van der Waals surface area (Å²) >= 11 is 5.94. The Morgan fingerprint density at radius 1 is 0.720 bits per heavy atom. The van der Waals surface area contributed by atoms with Gasteiger partial charge in [0.05, 0.1) is 6.10 Å². The smallest absolute Gasteiger partial charge is 0.0917 e. The first-order chi connectivity index (χ1) is 12.2. The van der Waals surface area contributed by atoms with Crippen LogP contribution < -0.4 is 0 Å². The van der Waals surface area contributed by atoms with Gasteiger partial charge in [-0.3, -0.25) is 4.90 Å². The van der Waals surface area contributed by atoms with Gasteiger partial charge in [-0.2, -0.15) is 0 Å². The third-order valence-electron chi connectivity index (χ3n) is 4.18. The van der Waals surface area contributed by atoms with Crippen LogP contribution >= 0.6 is 11.6 Å². The zero-order valence-electron chi connectivity index (χ0n) is 14.1. The highest BCUT2D eigenvalue weighted by Crippen LogP contribution is 2.20. The molecule has 3 aromatic carbocycles. The summed E-state index contributed by atoms with van der Waals surface area (Å²) in [6, 6.07) is 28.1. The first-order valence-corrected chi connectivity index (χ1v) is 8.82. The second-order valence-corrected chi connectivity index (χ2v) is 6.64. The van der Waals surface area contributed by atoms with E-state index in [-0.39, 0.29) is 0 Å². The van der Waals surface area contributed by atoms with Crippen molar-refractivity contribution in [1.82, 2.24) is 4.90 Å². The van der Waals surface area contributed by atoms with Crippen LogP contribution in [0.2, 0.25) is 5.02 Å². The molecule has 0 aliphatic carbocycles. The van der Waals surface area contributed by atoms with Crippen LogP contribution in [0.3, 0.4) is 0 Å². The van der Waals surface area contributed by atoms with Crippen molar-refractivity contribution in [2.24, 2.45) is 0 Å². The molecule has 0 aliphatic rings. The van der Waals surface area contributed by atoms with E-state index in [1.54, 1.807) is 0 Å². The van der Waals surface area contributed by atoms with Crippen LogP contribution in [0.15, 0.2) is 84.9 Å². The molecular weight excluding hydrogens is 330 g/mol. The number of aliphatic hydroxyl groups excluding tert-OH is 1. The van der Waals surface area contributed by atoms with Gasteiger partial charge in [0.1, 0.15) is 0 Å². The lowest BCUT2D eigenvalue weighted by Gasteiger charge is -2.25. The molecule has 0 aliphatic heterocycles. The first-order valence-electron chi connectivity index (χ1n) is 8.44. The minimum Gasteiger partial charge on any atom is -0.387 e. The van der Waals surface area contributed by atoms with E-state index in [2.05, 4.69) is 29.2 Å². The molecule has 3 rings (SSSR count). The van der Waals surface area contributed by atoms with Crippen molar-refractivity contribution in [2.45, 2.75) is 19.2 Å². The Kier molecular flexibility index (Phi) is 6.24. The van der Waals surface area contributed by atoms with E-state index in [0.717, 1.165) is 18.7 Å². The molecule has 1 unspecified atom stereocenters. The molecule has 0 amide bonds. The normalized spacial score (nSPS) is 12.3. The van der Waals surface area contributed by atoms with Gasteiger partial charge in [0.15, 0.2) is 0 Å². The van der Waals surface area contributed by atoms with E-state index in [1.807, 2.05) is 60.7 Å². The number of rotatable bonds is 7. The SMILES string of the molecule is OC(CN(Cc1ccccc1)Cc1ccccc1)c1ccc(Cl)cc1. The summed E-state index contributed by atoms with van der Waals surface area (Å²) in [7, 11) is 0. The van der Waals surface area contributed by atoms with Crippen LogP contribution in [-0.4, -0.2) is 16.6 Å². The summed E-state index contributed by atoms with van der Waals surface area (Å²) < 4.78 is 0. The number of hydrogen-bond donors (Lipinski definition) is 1. The minimum absolute atomic E-state index is 0.551. The Bertz CT molecular complexity index is 718. The van der Waals surface area contributed by atoms with Gasteiger partial charge in [-0.1, -0.05) is 84.4 Å². The lowest BCUT2D eigenvalue weighted by molar-refractivity contribution is 0.105. The van der Waals surface area contributed by atoms with E-state index < -0.39 is 6.10 Å². The Morgan fingerprint density at radius 2 is 1.20 bits per heavy atom. The maximum Gasteiger partial charge on any atom is 0.0917 e. The predicted molar refractivity (Wildman–Crippen MR) is 103 cm³/mol. The topological polar surface area (TPSA) is 23.5 Å². The molecule has 0 spiro atoms. The third-order valence-corrected chi connectivity index (χ3v) is 4.44. The summed E-state index contributed by atoms with van der Waals surface area (Å²) in [4.78, 5) is 2.27. The summed E-state index contributed by atoms with van der Waals surface area (Å²) in [6.45, 7) is 2.15. The zero-order chi connectivity index (χ0) is 17.5. The number of hydrogen-bond acceptors (Lipinski definition) is 2. The summed E-state index contributed by atoms with van der Waals surface area (Å²) in [6.07, 6.45) is -0.551. The molecule has 3 aromatic rings. The Balaban J connectivity index is 1.74. The minimum atomic E-state index is -0.551. The molecule has 0 bridgehead atoms. The van der Waals surface area contributed by atoms with Crippen LogP contribution in [0.4, 0.5) is 0 Å². The molecule has 0 saturated carbocycles. The van der Waals surface area contributed by atoms with E-state index in [0.29, 0.717) is 11.6 Å². The quantitative estimate of drug-likeness (QED) is 0.642. The maximum absolute atomic E-state index is 10.7. The Hall–Kier alpha value is -2.13. The van der Waals surface area contributed by atoms with Gasteiger partial charge in [0.25, 0.3) is 0 Å². The van der Waals surface area contributed by atoms with Gasteiger partial charge in [-0.05, 0) is 28.8 Å². The highest BCUT2D eigenvalue weighted by molar-refractivity contribution is 6.30. The third kappa shape index (κ3) is 5.43. The molecule has 0 fully saturated rings. The highest BCUT2D eigenvalue weighted by atomic mass is 35.5. The molecule has 1 N–H and O–H groups in total. The molecule has 0 heterocycles. The number of benzene rings is 3. The number of aliphatic hydroxyl groups is 1. The van der Waals surface area contributed by atoms with E-state index in [4.69, 9.17) is 11.6 Å². The van der Waals surface area contributed by atoms with Gasteiger partial charge >= 0.3 is 0 Å². The fraction of sp³-hybridized carbons (Fsp3) is 0.182. The van der Waals surface area contributed by atoms with Crippen molar-refractivity contribution in [3.8, 4) is 0 Å². The maximum atomic E-state index is 10.7. The van der Waals surface area contributed by atoms with Gasteiger partial charge in [0.2, 0.25) is 0 Å². The van der Waals surface area contributed by atoms with E-state index >= 15 is 0 Å². The Morgan fingerprint density at radius 3 is 1.68 bits per heavy atom. The van der Waals surface area contributed by atoms with E-state index in [1.165, 1.54) is 11.1 Å². The fourth-order valence-electron chi connectivity index (χ4n) is 2.90. The average Bonchev–Trinajstić information content (AvgIpc) is 2.64. The van der Waals surface area contributed by atoms with Gasteiger partial charge in [-0.15, -0.1) is 0 Å². The summed E-state index contributed by atoms with van der Waals surface area (Å²) in [5.74, 6) is 0. The van der Waals surface area contributed by atoms with Gasteiger partial charge in [-0.25, -0.2) is 0 Å². The van der Waals surface area contributed by atoms with E-state index in [9.17, 15) is 5.11 Å². The van der Waals surface area contributed by atoms with Crippen molar-refractivity contribution in [1.29, 1.82) is 0 Å². The summed E-state index contributed by atoms with van der Waals surface area (Å²) in [5, 5.41) is 11.3. The van der Waals surface area contributed by atoms with Crippen molar-refractivity contribution in [3.05, 3.63) is 107 Å². The van der Waals surface area contributed by atoms with Crippen LogP contribution in [0.1, 0.15) is 22.8 Å². The molecule has 128 valence electrons. The largest absolute Gasteiger partial charge is 0.387 e. The van der Waals surface area contributed by atoms with Crippen LogP contribution in [0, 0.1) is 0 Å². The predicted octanol–water partition coefficient (Wildman–Crippen LogP) is 5.08. The molecule has 25 heavy (non-hydrogen) atoms. The second kappa shape index (κ2) is 8.82. The highest BCUT2D eigenvalue weighted by Gasteiger charge is 2.14. The number of nitrogens with zero attached hydrogens (tertiary/aromatic N) is 1. The van der Waals surface area contributed by atoms with Crippen LogP contribution in [0.25, 0.3) is 0 Å². The lowest BCUT2D eigenvalue weighted by Crippen LogP contribution is -2.28. The zero-order valence-corrected chi connectivity index (χ0v) is 14.8. The molecule has 0 saturated heterocycles. The molecular formula is C22H22ClNO. The summed E-state index contributed by atoms with van der Waals surface area (Å²) in [5.41, 5.74) is 3.36. The molecule has 3 heteroatoms. The van der Waals surface area contributed by atoms with Gasteiger partial charge in [0, 0.05) is 24.7 Å². The lowest BCUT2D eigenvalue weighted by atomic mass is 10.1. The van der Waals surface area contributed by atoms with Crippen molar-refractivity contribution < 1.29 is 5.11 Å². The number of halogens is 1. The monoisotopic (exact) mass is 351 g/mol. The van der Waals surface area contributed by atoms with Crippen molar-refractivity contribution in [2.75, 3.05) is 6.54 Å². The van der Waals surface area contributed by atoms with Gasteiger partial charge < -0.3 is 5.11 Å². The molecule has 2 nitrogen and oxygen atoms in total. The molecule has 0 aromatic heterocycles.